The Morgan fingerprint density at radius 1 is 1.19 bits per heavy atom. The number of hydrogen-bond acceptors (Lipinski definition) is 5. The number of rotatable bonds is 3. The van der Waals surface area contributed by atoms with Crippen molar-refractivity contribution in [1.82, 2.24) is 14.3 Å². The largest absolute Gasteiger partial charge is 0.364 e. The quantitative estimate of drug-likeness (QED) is 0.761. The first-order valence-electron chi connectivity index (χ1n) is 8.51. The van der Waals surface area contributed by atoms with Gasteiger partial charge in [-0.25, -0.2) is 21.8 Å². The molecule has 2 fully saturated rings. The maximum atomic E-state index is 13.5. The summed E-state index contributed by atoms with van der Waals surface area (Å²) in [5.41, 5.74) is 2.10. The van der Waals surface area contributed by atoms with E-state index in [2.05, 4.69) is 15.2 Å². The minimum Gasteiger partial charge on any atom is -0.364 e. The van der Waals surface area contributed by atoms with Gasteiger partial charge < -0.3 is 10.2 Å². The lowest BCUT2D eigenvalue weighted by Gasteiger charge is -2.29. The van der Waals surface area contributed by atoms with E-state index in [4.69, 9.17) is 0 Å². The highest BCUT2D eigenvalue weighted by atomic mass is 32.2. The van der Waals surface area contributed by atoms with Crippen LogP contribution in [0.4, 0.5) is 10.1 Å². The lowest BCUT2D eigenvalue weighted by molar-refractivity contribution is 0.581. The van der Waals surface area contributed by atoms with Crippen molar-refractivity contribution in [1.29, 1.82) is 0 Å². The summed E-state index contributed by atoms with van der Waals surface area (Å²) in [4.78, 5) is 6.60. The Morgan fingerprint density at radius 3 is 2.77 bits per heavy atom. The molecule has 2 saturated heterocycles. The summed E-state index contributed by atoms with van der Waals surface area (Å²) in [5.74, 6) is -0.586. The van der Waals surface area contributed by atoms with Gasteiger partial charge >= 0.3 is 0 Å². The summed E-state index contributed by atoms with van der Waals surface area (Å²) in [5, 5.41) is 3.46. The highest BCUT2D eigenvalue weighted by Gasteiger charge is 2.38. The normalized spacial score (nSPS) is 22.4. The Labute approximate surface area is 150 Å². The second-order valence-electron chi connectivity index (χ2n) is 6.79. The molecule has 2 bridgehead atoms. The second-order valence-corrected chi connectivity index (χ2v) is 8.61. The lowest BCUT2D eigenvalue weighted by atomic mass is 10.2. The van der Waals surface area contributed by atoms with Crippen molar-refractivity contribution in [3.05, 3.63) is 54.6 Å². The predicted octanol–water partition coefficient (Wildman–Crippen LogP) is 1.96. The number of fused-ring (bicyclic) bond motifs is 3. The van der Waals surface area contributed by atoms with Crippen LogP contribution in [-0.2, 0) is 10.0 Å². The third-order valence-electron chi connectivity index (χ3n) is 5.24. The molecule has 3 heterocycles. The summed E-state index contributed by atoms with van der Waals surface area (Å²) in [6.07, 6.45) is 2.40. The van der Waals surface area contributed by atoms with E-state index in [9.17, 15) is 12.8 Å². The predicted molar refractivity (Wildman–Crippen MR) is 96.3 cm³/mol. The number of benzene rings is 2. The third kappa shape index (κ3) is 2.25. The van der Waals surface area contributed by atoms with Crippen molar-refractivity contribution in [2.24, 2.45) is 0 Å². The summed E-state index contributed by atoms with van der Waals surface area (Å²) >= 11 is 0. The van der Waals surface area contributed by atoms with Crippen molar-refractivity contribution in [2.45, 2.75) is 23.4 Å². The van der Waals surface area contributed by atoms with Crippen molar-refractivity contribution in [2.75, 3.05) is 18.0 Å². The van der Waals surface area contributed by atoms with E-state index in [1.807, 2.05) is 12.1 Å². The van der Waals surface area contributed by atoms with Crippen molar-refractivity contribution in [3.8, 4) is 0 Å². The van der Waals surface area contributed by atoms with Gasteiger partial charge in [0.25, 0.3) is 10.0 Å². The SMILES string of the molecule is O=S(=O)(c1cccc(F)c1)n1cnc2c(N3C[C@@H]4C[C@H]3CN4)cccc21. The molecule has 3 aromatic rings. The molecule has 1 N–H and O–H groups in total. The van der Waals surface area contributed by atoms with Gasteiger partial charge in [-0.2, -0.15) is 0 Å². The molecule has 26 heavy (non-hydrogen) atoms. The highest BCUT2D eigenvalue weighted by Crippen LogP contribution is 2.34. The van der Waals surface area contributed by atoms with E-state index in [1.54, 1.807) is 6.07 Å². The number of anilines is 1. The summed E-state index contributed by atoms with van der Waals surface area (Å²) < 4.78 is 40.5. The van der Waals surface area contributed by atoms with Crippen LogP contribution in [0.15, 0.2) is 53.7 Å². The van der Waals surface area contributed by atoms with Gasteiger partial charge in [0.05, 0.1) is 16.1 Å². The molecule has 134 valence electrons. The van der Waals surface area contributed by atoms with Crippen LogP contribution in [0.3, 0.4) is 0 Å². The molecule has 5 rings (SSSR count). The van der Waals surface area contributed by atoms with Crippen molar-refractivity contribution in [3.63, 3.8) is 0 Å². The number of piperazine rings is 1. The van der Waals surface area contributed by atoms with Crippen LogP contribution in [0.2, 0.25) is 0 Å². The van der Waals surface area contributed by atoms with Crippen molar-refractivity contribution >= 4 is 26.7 Å². The maximum Gasteiger partial charge on any atom is 0.269 e. The zero-order valence-electron chi connectivity index (χ0n) is 13.8. The maximum absolute atomic E-state index is 13.5. The molecule has 8 heteroatoms. The molecule has 0 spiro atoms. The van der Waals surface area contributed by atoms with E-state index < -0.39 is 15.8 Å². The number of para-hydroxylation sites is 1. The van der Waals surface area contributed by atoms with Gasteiger partial charge in [0.15, 0.2) is 0 Å². The van der Waals surface area contributed by atoms with Gasteiger partial charge in [0.1, 0.15) is 17.7 Å². The Kier molecular flexibility index (Phi) is 3.35. The Hall–Kier alpha value is -2.45. The highest BCUT2D eigenvalue weighted by molar-refractivity contribution is 7.90. The van der Waals surface area contributed by atoms with E-state index in [1.165, 1.54) is 24.5 Å². The molecule has 2 aliphatic heterocycles. The molecule has 2 aromatic carbocycles. The van der Waals surface area contributed by atoms with Crippen LogP contribution in [0.25, 0.3) is 11.0 Å². The first kappa shape index (κ1) is 15.8. The van der Waals surface area contributed by atoms with E-state index >= 15 is 0 Å². The smallest absolute Gasteiger partial charge is 0.269 e. The fourth-order valence-corrected chi connectivity index (χ4v) is 5.34. The van der Waals surface area contributed by atoms with Crippen LogP contribution >= 0.6 is 0 Å². The fraction of sp³-hybridized carbons (Fsp3) is 0.278. The molecule has 2 atom stereocenters. The number of hydrogen-bond donors (Lipinski definition) is 1. The first-order chi connectivity index (χ1) is 12.5. The van der Waals surface area contributed by atoms with Crippen LogP contribution in [0.1, 0.15) is 6.42 Å². The van der Waals surface area contributed by atoms with Crippen LogP contribution in [0.5, 0.6) is 0 Å². The molecule has 0 aliphatic carbocycles. The van der Waals surface area contributed by atoms with Crippen LogP contribution in [-0.4, -0.2) is 42.5 Å². The molecular weight excluding hydrogens is 355 g/mol. The molecule has 6 nitrogen and oxygen atoms in total. The lowest BCUT2D eigenvalue weighted by Crippen LogP contribution is -2.43. The van der Waals surface area contributed by atoms with E-state index in [-0.39, 0.29) is 4.90 Å². The van der Waals surface area contributed by atoms with Gasteiger partial charge in [-0.1, -0.05) is 12.1 Å². The average Bonchev–Trinajstić information content (AvgIpc) is 3.36. The molecule has 2 aliphatic rings. The molecule has 0 amide bonds. The van der Waals surface area contributed by atoms with Crippen molar-refractivity contribution < 1.29 is 12.8 Å². The second kappa shape index (κ2) is 5.52. The Bertz CT molecular complexity index is 1110. The van der Waals surface area contributed by atoms with E-state index in [0.29, 0.717) is 23.1 Å². The fourth-order valence-electron chi connectivity index (χ4n) is 4.02. The summed E-state index contributed by atoms with van der Waals surface area (Å²) in [6.45, 7) is 1.83. The number of nitrogens with zero attached hydrogens (tertiary/aromatic N) is 3. The number of imidazole rings is 1. The molecular formula is C18H17FN4O2S. The number of halogens is 1. The van der Waals surface area contributed by atoms with Crippen LogP contribution in [0, 0.1) is 5.82 Å². The zero-order valence-corrected chi connectivity index (χ0v) is 14.7. The Balaban J connectivity index is 1.64. The van der Waals surface area contributed by atoms with Gasteiger partial charge in [-0.15, -0.1) is 0 Å². The first-order valence-corrected chi connectivity index (χ1v) is 9.95. The molecule has 0 unspecified atom stereocenters. The van der Waals surface area contributed by atoms with E-state index in [0.717, 1.165) is 35.2 Å². The Morgan fingerprint density at radius 2 is 2.04 bits per heavy atom. The molecule has 0 radical (unpaired) electrons. The molecule has 1 aromatic heterocycles. The molecule has 0 saturated carbocycles. The monoisotopic (exact) mass is 372 g/mol. The third-order valence-corrected chi connectivity index (χ3v) is 6.90. The standard InChI is InChI=1S/C18H17FN4O2S/c19-12-3-1-4-15(7-12)26(24,25)23-11-21-18-16(5-2-6-17(18)23)22-10-13-8-14(22)9-20-13/h1-7,11,13-14,20H,8-10H2/t13-,14-/m0/s1. The summed E-state index contributed by atoms with van der Waals surface area (Å²) in [7, 11) is -3.91. The van der Waals surface area contributed by atoms with Gasteiger partial charge in [-0.05, 0) is 36.8 Å². The average molecular weight is 372 g/mol. The van der Waals surface area contributed by atoms with Gasteiger partial charge in [-0.3, -0.25) is 0 Å². The number of nitrogens with one attached hydrogen (secondary N) is 1. The minimum absolute atomic E-state index is 0.0911. The summed E-state index contributed by atoms with van der Waals surface area (Å²) in [6, 6.07) is 11.5. The minimum atomic E-state index is -3.91. The van der Waals surface area contributed by atoms with Gasteiger partial charge in [0, 0.05) is 25.2 Å². The topological polar surface area (TPSA) is 67.2 Å². The number of aromatic nitrogens is 2. The van der Waals surface area contributed by atoms with Crippen LogP contribution < -0.4 is 10.2 Å². The van der Waals surface area contributed by atoms with Gasteiger partial charge in [0.2, 0.25) is 0 Å². The zero-order chi connectivity index (χ0) is 17.9.